The van der Waals surface area contributed by atoms with E-state index < -0.39 is 0 Å². The van der Waals surface area contributed by atoms with Crippen molar-refractivity contribution in [2.45, 2.75) is 0 Å². The van der Waals surface area contributed by atoms with Crippen LogP contribution in [0.4, 0.5) is 0 Å². The molecule has 2 rings (SSSR count). The molecule has 0 amide bonds. The van der Waals surface area contributed by atoms with Crippen LogP contribution in [0.25, 0.3) is 11.3 Å². The maximum Gasteiger partial charge on any atom is 0.197 e. The lowest BCUT2D eigenvalue weighted by Gasteiger charge is -2.02. The fourth-order valence-corrected chi connectivity index (χ4v) is 1.60. The van der Waals surface area contributed by atoms with E-state index in [0.29, 0.717) is 10.3 Å². The van der Waals surface area contributed by atoms with Crippen LogP contribution in [0.5, 0.6) is 0 Å². The average Bonchev–Trinajstić information content (AvgIpc) is 2.29. The minimum Gasteiger partial charge on any atom is -0.231 e. The number of aromatic nitrogens is 2. The van der Waals surface area contributed by atoms with E-state index in [1.165, 1.54) is 0 Å². The molecule has 0 aliphatic carbocycles. The number of halogens is 1. The van der Waals surface area contributed by atoms with Crippen LogP contribution in [0.15, 0.2) is 41.3 Å². The SMILES string of the molecule is N#Cc1ccccc1-c1ccnc(Br)n1. The average molecular weight is 260 g/mol. The molecule has 72 valence electrons. The zero-order chi connectivity index (χ0) is 10.7. The molecule has 4 heteroatoms. The van der Waals surface area contributed by atoms with Gasteiger partial charge in [-0.15, -0.1) is 0 Å². The second-order valence-electron chi connectivity index (χ2n) is 2.87. The van der Waals surface area contributed by atoms with Crippen molar-refractivity contribution in [2.75, 3.05) is 0 Å². The lowest BCUT2D eigenvalue weighted by atomic mass is 10.1. The molecular formula is C11H6BrN3. The van der Waals surface area contributed by atoms with Gasteiger partial charge in [-0.25, -0.2) is 9.97 Å². The number of nitriles is 1. The van der Waals surface area contributed by atoms with Crippen LogP contribution in [0.2, 0.25) is 0 Å². The number of nitrogens with zero attached hydrogens (tertiary/aromatic N) is 3. The molecule has 0 saturated carbocycles. The molecule has 15 heavy (non-hydrogen) atoms. The lowest BCUT2D eigenvalue weighted by Crippen LogP contribution is -1.89. The highest BCUT2D eigenvalue weighted by Gasteiger charge is 2.05. The monoisotopic (exact) mass is 259 g/mol. The molecule has 0 aliphatic heterocycles. The summed E-state index contributed by atoms with van der Waals surface area (Å²) in [6, 6.07) is 11.3. The Bertz CT molecular complexity index is 531. The summed E-state index contributed by atoms with van der Waals surface area (Å²) in [5, 5.41) is 8.94. The van der Waals surface area contributed by atoms with Crippen LogP contribution < -0.4 is 0 Å². The Kier molecular flexibility index (Phi) is 2.75. The molecule has 0 aliphatic rings. The van der Waals surface area contributed by atoms with Crippen molar-refractivity contribution in [3.05, 3.63) is 46.8 Å². The molecule has 1 aromatic heterocycles. The smallest absolute Gasteiger partial charge is 0.197 e. The van der Waals surface area contributed by atoms with E-state index >= 15 is 0 Å². The molecule has 0 unspecified atom stereocenters. The van der Waals surface area contributed by atoms with Crippen molar-refractivity contribution in [3.8, 4) is 17.3 Å². The quantitative estimate of drug-likeness (QED) is 0.741. The Morgan fingerprint density at radius 1 is 1.20 bits per heavy atom. The topological polar surface area (TPSA) is 49.6 Å². The van der Waals surface area contributed by atoms with E-state index in [0.717, 1.165) is 11.3 Å². The highest BCUT2D eigenvalue weighted by atomic mass is 79.9. The molecule has 3 nitrogen and oxygen atoms in total. The fraction of sp³-hybridized carbons (Fsp3) is 0. The van der Waals surface area contributed by atoms with Gasteiger partial charge in [-0.2, -0.15) is 5.26 Å². The normalized spacial score (nSPS) is 9.60. The lowest BCUT2D eigenvalue weighted by molar-refractivity contribution is 1.11. The number of hydrogen-bond acceptors (Lipinski definition) is 3. The van der Waals surface area contributed by atoms with Crippen LogP contribution in [0.1, 0.15) is 5.56 Å². The molecule has 0 fully saturated rings. The molecule has 0 bridgehead atoms. The number of hydrogen-bond donors (Lipinski definition) is 0. The minimum atomic E-state index is 0.521. The molecule has 0 radical (unpaired) electrons. The predicted octanol–water partition coefficient (Wildman–Crippen LogP) is 2.78. The Hall–Kier alpha value is -1.73. The molecular weight excluding hydrogens is 254 g/mol. The maximum atomic E-state index is 8.94. The van der Waals surface area contributed by atoms with E-state index in [1.807, 2.05) is 18.2 Å². The Labute approximate surface area is 95.6 Å². The summed E-state index contributed by atoms with van der Waals surface area (Å²) in [5.41, 5.74) is 2.18. The summed E-state index contributed by atoms with van der Waals surface area (Å²) < 4.78 is 0.521. The van der Waals surface area contributed by atoms with Crippen molar-refractivity contribution in [1.82, 2.24) is 9.97 Å². The van der Waals surface area contributed by atoms with Crippen LogP contribution in [-0.4, -0.2) is 9.97 Å². The van der Waals surface area contributed by atoms with Crippen molar-refractivity contribution in [3.63, 3.8) is 0 Å². The maximum absolute atomic E-state index is 8.94. The second-order valence-corrected chi connectivity index (χ2v) is 3.58. The van der Waals surface area contributed by atoms with Gasteiger partial charge in [0.05, 0.1) is 17.3 Å². The number of rotatable bonds is 1. The van der Waals surface area contributed by atoms with Gasteiger partial charge in [0.15, 0.2) is 4.73 Å². The van der Waals surface area contributed by atoms with Crippen LogP contribution in [0, 0.1) is 11.3 Å². The van der Waals surface area contributed by atoms with Crippen LogP contribution in [-0.2, 0) is 0 Å². The molecule has 0 atom stereocenters. The van der Waals surface area contributed by atoms with E-state index in [9.17, 15) is 0 Å². The van der Waals surface area contributed by atoms with E-state index in [-0.39, 0.29) is 0 Å². The Morgan fingerprint density at radius 3 is 2.73 bits per heavy atom. The first-order valence-electron chi connectivity index (χ1n) is 4.29. The molecule has 1 heterocycles. The zero-order valence-corrected chi connectivity index (χ0v) is 9.27. The third-order valence-electron chi connectivity index (χ3n) is 1.95. The first kappa shape index (κ1) is 9.81. The van der Waals surface area contributed by atoms with Gasteiger partial charge in [0, 0.05) is 11.8 Å². The van der Waals surface area contributed by atoms with Crippen LogP contribution in [0.3, 0.4) is 0 Å². The van der Waals surface area contributed by atoms with E-state index in [2.05, 4.69) is 32.0 Å². The summed E-state index contributed by atoms with van der Waals surface area (Å²) in [6.45, 7) is 0. The predicted molar refractivity (Wildman–Crippen MR) is 59.9 cm³/mol. The minimum absolute atomic E-state index is 0.521. The van der Waals surface area contributed by atoms with Crippen molar-refractivity contribution in [1.29, 1.82) is 5.26 Å². The zero-order valence-electron chi connectivity index (χ0n) is 7.68. The Morgan fingerprint density at radius 2 is 2.00 bits per heavy atom. The molecule has 0 N–H and O–H groups in total. The first-order chi connectivity index (χ1) is 7.31. The highest BCUT2D eigenvalue weighted by Crippen LogP contribution is 2.21. The Balaban J connectivity index is 2.60. The third-order valence-corrected chi connectivity index (χ3v) is 2.33. The standard InChI is InChI=1S/C11H6BrN3/c12-11-14-6-5-10(15-11)9-4-2-1-3-8(9)7-13/h1-6H. The summed E-state index contributed by atoms with van der Waals surface area (Å²) >= 11 is 3.20. The second kappa shape index (κ2) is 4.20. The van der Waals surface area contributed by atoms with Crippen molar-refractivity contribution >= 4 is 15.9 Å². The van der Waals surface area contributed by atoms with Crippen LogP contribution >= 0.6 is 15.9 Å². The summed E-state index contributed by atoms with van der Waals surface area (Å²) in [7, 11) is 0. The van der Waals surface area contributed by atoms with E-state index in [1.54, 1.807) is 18.3 Å². The van der Waals surface area contributed by atoms with Gasteiger partial charge in [-0.3, -0.25) is 0 Å². The van der Waals surface area contributed by atoms with Gasteiger partial charge < -0.3 is 0 Å². The van der Waals surface area contributed by atoms with Gasteiger partial charge in [-0.05, 0) is 28.1 Å². The van der Waals surface area contributed by atoms with Gasteiger partial charge in [0.2, 0.25) is 0 Å². The van der Waals surface area contributed by atoms with Gasteiger partial charge >= 0.3 is 0 Å². The largest absolute Gasteiger partial charge is 0.231 e. The van der Waals surface area contributed by atoms with E-state index in [4.69, 9.17) is 5.26 Å². The molecule has 0 spiro atoms. The molecule has 0 saturated heterocycles. The summed E-state index contributed by atoms with van der Waals surface area (Å²) in [6.07, 6.45) is 1.65. The molecule has 2 aromatic rings. The van der Waals surface area contributed by atoms with Gasteiger partial charge in [-0.1, -0.05) is 18.2 Å². The van der Waals surface area contributed by atoms with Crippen molar-refractivity contribution in [2.24, 2.45) is 0 Å². The first-order valence-corrected chi connectivity index (χ1v) is 5.08. The van der Waals surface area contributed by atoms with Gasteiger partial charge in [0.1, 0.15) is 0 Å². The third kappa shape index (κ3) is 2.03. The van der Waals surface area contributed by atoms with Crippen molar-refractivity contribution < 1.29 is 0 Å². The fourth-order valence-electron chi connectivity index (χ4n) is 1.29. The number of benzene rings is 1. The summed E-state index contributed by atoms with van der Waals surface area (Å²) in [4.78, 5) is 8.15. The highest BCUT2D eigenvalue weighted by molar-refractivity contribution is 9.10. The summed E-state index contributed by atoms with van der Waals surface area (Å²) in [5.74, 6) is 0. The van der Waals surface area contributed by atoms with Gasteiger partial charge in [0.25, 0.3) is 0 Å². The molecule has 1 aromatic carbocycles.